The molecule has 0 spiro atoms. The van der Waals surface area contributed by atoms with Crippen molar-refractivity contribution < 1.29 is 18.3 Å². The van der Waals surface area contributed by atoms with Crippen LogP contribution in [0.15, 0.2) is 47.4 Å². The molecule has 0 atom stereocenters. The van der Waals surface area contributed by atoms with E-state index in [0.29, 0.717) is 23.4 Å². The van der Waals surface area contributed by atoms with Crippen molar-refractivity contribution in [2.45, 2.75) is 24.7 Å². The normalized spacial score (nSPS) is 11.3. The number of rotatable bonds is 7. The highest BCUT2D eigenvalue weighted by Gasteiger charge is 2.24. The van der Waals surface area contributed by atoms with Gasteiger partial charge < -0.3 is 10.0 Å². The maximum Gasteiger partial charge on any atom is 0.335 e. The van der Waals surface area contributed by atoms with Crippen molar-refractivity contribution in [3.8, 4) is 11.1 Å². The summed E-state index contributed by atoms with van der Waals surface area (Å²) in [6.45, 7) is 2.72. The number of primary sulfonamides is 1. The molecule has 0 aliphatic rings. The molecule has 0 aromatic heterocycles. The van der Waals surface area contributed by atoms with E-state index in [-0.39, 0.29) is 10.5 Å². The molecule has 0 amide bonds. The Bertz CT molecular complexity index is 864. The van der Waals surface area contributed by atoms with Crippen LogP contribution in [-0.2, 0) is 10.0 Å². The van der Waals surface area contributed by atoms with Crippen LogP contribution in [0.1, 0.15) is 30.1 Å². The van der Waals surface area contributed by atoms with Gasteiger partial charge in [0.15, 0.2) is 0 Å². The molecular formula is C18H22N2O4S. The Morgan fingerprint density at radius 3 is 2.36 bits per heavy atom. The monoisotopic (exact) mass is 362 g/mol. The predicted molar refractivity (Wildman–Crippen MR) is 98.4 cm³/mol. The molecule has 0 saturated heterocycles. The van der Waals surface area contributed by atoms with E-state index >= 15 is 0 Å². The second-order valence-corrected chi connectivity index (χ2v) is 7.39. The number of nitrogens with zero attached hydrogens (tertiary/aromatic N) is 1. The fraction of sp³-hybridized carbons (Fsp3) is 0.278. The molecule has 3 N–H and O–H groups in total. The summed E-state index contributed by atoms with van der Waals surface area (Å²) >= 11 is 0. The van der Waals surface area contributed by atoms with Crippen LogP contribution in [0.4, 0.5) is 5.69 Å². The van der Waals surface area contributed by atoms with Gasteiger partial charge in [-0.2, -0.15) is 0 Å². The van der Waals surface area contributed by atoms with Crippen molar-refractivity contribution >= 4 is 21.7 Å². The SMILES string of the molecule is CCCCN(C)c1cc(C(=O)O)cc(S(N)(=O)=O)c1-c1ccccc1. The van der Waals surface area contributed by atoms with Crippen LogP contribution in [0.3, 0.4) is 0 Å². The van der Waals surface area contributed by atoms with Crippen LogP contribution < -0.4 is 10.0 Å². The first-order valence-corrected chi connectivity index (χ1v) is 9.51. The van der Waals surface area contributed by atoms with E-state index in [4.69, 9.17) is 5.14 Å². The Hall–Kier alpha value is -2.38. The fourth-order valence-electron chi connectivity index (χ4n) is 2.66. The number of unbranched alkanes of at least 4 members (excludes halogenated alkanes) is 1. The standard InChI is InChI=1S/C18H22N2O4S/c1-3-4-10-20(2)15-11-14(18(21)22)12-16(25(19,23)24)17(15)13-8-6-5-7-9-13/h5-9,11-12H,3-4,10H2,1-2H3,(H,21,22)(H2,19,23,24). The molecule has 6 nitrogen and oxygen atoms in total. The number of carboxylic acid groups (broad SMARTS) is 1. The van der Waals surface area contributed by atoms with Crippen molar-refractivity contribution in [1.82, 2.24) is 0 Å². The molecule has 0 aliphatic carbocycles. The smallest absolute Gasteiger partial charge is 0.335 e. The van der Waals surface area contributed by atoms with Gasteiger partial charge in [-0.15, -0.1) is 0 Å². The number of hydrogen-bond acceptors (Lipinski definition) is 4. The lowest BCUT2D eigenvalue weighted by Gasteiger charge is -2.25. The topological polar surface area (TPSA) is 101 Å². The van der Waals surface area contributed by atoms with Gasteiger partial charge in [-0.25, -0.2) is 18.4 Å². The first-order valence-electron chi connectivity index (χ1n) is 7.96. The lowest BCUT2D eigenvalue weighted by atomic mass is 10.00. The Morgan fingerprint density at radius 2 is 1.84 bits per heavy atom. The van der Waals surface area contributed by atoms with Crippen LogP contribution in [0.2, 0.25) is 0 Å². The van der Waals surface area contributed by atoms with E-state index in [1.807, 2.05) is 18.0 Å². The molecule has 7 heteroatoms. The summed E-state index contributed by atoms with van der Waals surface area (Å²) in [6, 6.07) is 11.6. The van der Waals surface area contributed by atoms with Crippen molar-refractivity contribution in [3.63, 3.8) is 0 Å². The van der Waals surface area contributed by atoms with Crippen LogP contribution >= 0.6 is 0 Å². The number of hydrogen-bond donors (Lipinski definition) is 2. The van der Waals surface area contributed by atoms with E-state index in [1.54, 1.807) is 24.3 Å². The van der Waals surface area contributed by atoms with Crippen molar-refractivity contribution in [1.29, 1.82) is 0 Å². The molecular weight excluding hydrogens is 340 g/mol. The largest absolute Gasteiger partial charge is 0.478 e. The van der Waals surface area contributed by atoms with E-state index in [0.717, 1.165) is 18.9 Å². The van der Waals surface area contributed by atoms with Gasteiger partial charge in [0.2, 0.25) is 10.0 Å². The number of nitrogens with two attached hydrogens (primary N) is 1. The molecule has 0 heterocycles. The molecule has 134 valence electrons. The highest BCUT2D eigenvalue weighted by molar-refractivity contribution is 7.89. The zero-order valence-corrected chi connectivity index (χ0v) is 15.1. The molecule has 0 saturated carbocycles. The second-order valence-electron chi connectivity index (χ2n) is 5.86. The zero-order valence-electron chi connectivity index (χ0n) is 14.3. The summed E-state index contributed by atoms with van der Waals surface area (Å²) in [6.07, 6.45) is 1.86. The van der Waals surface area contributed by atoms with Crippen LogP contribution in [0.25, 0.3) is 11.1 Å². The average Bonchev–Trinajstić information content (AvgIpc) is 2.58. The third-order valence-corrected chi connectivity index (χ3v) is 4.89. The predicted octanol–water partition coefficient (Wildman–Crippen LogP) is 2.94. The molecule has 0 bridgehead atoms. The quantitative estimate of drug-likeness (QED) is 0.789. The van der Waals surface area contributed by atoms with Crippen LogP contribution in [-0.4, -0.2) is 33.1 Å². The molecule has 0 fully saturated rings. The van der Waals surface area contributed by atoms with Gasteiger partial charge in [-0.05, 0) is 24.1 Å². The van der Waals surface area contributed by atoms with E-state index in [2.05, 4.69) is 6.92 Å². The third-order valence-electron chi connectivity index (χ3n) is 3.96. The number of sulfonamides is 1. The van der Waals surface area contributed by atoms with Crippen molar-refractivity contribution in [2.75, 3.05) is 18.5 Å². The summed E-state index contributed by atoms with van der Waals surface area (Å²) in [5.41, 5.74) is 1.51. The summed E-state index contributed by atoms with van der Waals surface area (Å²) in [5.74, 6) is -1.20. The lowest BCUT2D eigenvalue weighted by Crippen LogP contribution is -2.22. The molecule has 0 radical (unpaired) electrons. The Morgan fingerprint density at radius 1 is 1.20 bits per heavy atom. The molecule has 0 unspecified atom stereocenters. The van der Waals surface area contributed by atoms with Gasteiger partial charge in [-0.3, -0.25) is 0 Å². The number of benzene rings is 2. The minimum atomic E-state index is -4.10. The van der Waals surface area contributed by atoms with Gasteiger partial charge in [0.05, 0.1) is 10.5 Å². The second kappa shape index (κ2) is 7.67. The molecule has 25 heavy (non-hydrogen) atoms. The number of carbonyl (C=O) groups is 1. The number of anilines is 1. The number of aromatic carboxylic acids is 1. The van der Waals surface area contributed by atoms with E-state index in [1.165, 1.54) is 6.07 Å². The Balaban J connectivity index is 2.82. The van der Waals surface area contributed by atoms with E-state index < -0.39 is 16.0 Å². The first kappa shape index (κ1) is 19.0. The summed E-state index contributed by atoms with van der Waals surface area (Å²) < 4.78 is 24.3. The average molecular weight is 362 g/mol. The zero-order chi connectivity index (χ0) is 18.6. The number of carboxylic acids is 1. The van der Waals surface area contributed by atoms with Crippen molar-refractivity contribution in [2.24, 2.45) is 5.14 Å². The third kappa shape index (κ3) is 4.37. The minimum absolute atomic E-state index is 0.109. The molecule has 2 rings (SSSR count). The van der Waals surface area contributed by atoms with E-state index in [9.17, 15) is 18.3 Å². The Labute approximate surface area is 147 Å². The van der Waals surface area contributed by atoms with Crippen LogP contribution in [0.5, 0.6) is 0 Å². The maximum atomic E-state index is 12.2. The van der Waals surface area contributed by atoms with Gasteiger partial charge in [0.1, 0.15) is 0 Å². The summed E-state index contributed by atoms with van der Waals surface area (Å²) in [4.78, 5) is 13.1. The molecule has 2 aromatic rings. The Kier molecular flexibility index (Phi) is 5.81. The van der Waals surface area contributed by atoms with Gasteiger partial charge in [0, 0.05) is 24.8 Å². The maximum absolute atomic E-state index is 12.2. The molecule has 0 aliphatic heterocycles. The van der Waals surface area contributed by atoms with Gasteiger partial charge in [0.25, 0.3) is 0 Å². The highest BCUT2D eigenvalue weighted by atomic mass is 32.2. The van der Waals surface area contributed by atoms with Crippen molar-refractivity contribution in [3.05, 3.63) is 48.0 Å². The summed E-state index contributed by atoms with van der Waals surface area (Å²) in [7, 11) is -2.29. The minimum Gasteiger partial charge on any atom is -0.478 e. The lowest BCUT2D eigenvalue weighted by molar-refractivity contribution is 0.0696. The highest BCUT2D eigenvalue weighted by Crippen LogP contribution is 2.37. The van der Waals surface area contributed by atoms with Crippen LogP contribution in [0, 0.1) is 0 Å². The van der Waals surface area contributed by atoms with Gasteiger partial charge >= 0.3 is 5.97 Å². The fourth-order valence-corrected chi connectivity index (χ4v) is 3.46. The first-order chi connectivity index (χ1) is 11.8. The van der Waals surface area contributed by atoms with Gasteiger partial charge in [-0.1, -0.05) is 43.7 Å². The molecule has 2 aromatic carbocycles. The summed E-state index contributed by atoms with van der Waals surface area (Å²) in [5, 5.41) is 14.8.